The van der Waals surface area contributed by atoms with Crippen LogP contribution in [0.2, 0.25) is 0 Å². The minimum absolute atomic E-state index is 0.176. The number of carboxylic acid groups (broad SMARTS) is 1. The fourth-order valence-electron chi connectivity index (χ4n) is 4.53. The van der Waals surface area contributed by atoms with E-state index in [9.17, 15) is 14.7 Å². The number of carboxylic acids is 1. The van der Waals surface area contributed by atoms with Gasteiger partial charge in [0.2, 0.25) is 0 Å². The molecule has 5 heteroatoms. The van der Waals surface area contributed by atoms with E-state index in [-0.39, 0.29) is 11.5 Å². The highest BCUT2D eigenvalue weighted by Crippen LogP contribution is 2.58. The molecule has 23 heavy (non-hydrogen) atoms. The molecule has 4 aliphatic rings. The maximum absolute atomic E-state index is 11.7. The van der Waals surface area contributed by atoms with E-state index < -0.39 is 17.2 Å². The average molecular weight is 322 g/mol. The van der Waals surface area contributed by atoms with Crippen molar-refractivity contribution in [2.45, 2.75) is 63.6 Å². The molecule has 4 rings (SSSR count). The molecule has 4 bridgehead atoms. The quantitative estimate of drug-likeness (QED) is 0.616. The summed E-state index contributed by atoms with van der Waals surface area (Å²) in [6.07, 6.45) is 5.50. The third-order valence-corrected chi connectivity index (χ3v) is 5.00. The zero-order valence-electron chi connectivity index (χ0n) is 13.9. The monoisotopic (exact) mass is 322 g/mol. The molecular formula is C18H26O5. The molecule has 4 aliphatic carbocycles. The first-order valence-corrected chi connectivity index (χ1v) is 8.04. The van der Waals surface area contributed by atoms with Gasteiger partial charge in [0.25, 0.3) is 0 Å². The highest BCUT2D eigenvalue weighted by atomic mass is 16.6. The van der Waals surface area contributed by atoms with Crippen molar-refractivity contribution in [3.8, 4) is 0 Å². The van der Waals surface area contributed by atoms with Crippen LogP contribution in [0, 0.1) is 11.8 Å². The second-order valence-electron chi connectivity index (χ2n) is 7.62. The molecule has 0 aliphatic heterocycles. The number of aliphatic hydroxyl groups is 1. The SMILES string of the molecule is C=C(C)C(=O)O.C=C(C)C(=O)OC12CC3CC(CC(O)(C3)C1)C2. The number of esters is 1. The number of carbonyl (C=O) groups excluding carboxylic acids is 1. The number of ether oxygens (including phenoxy) is 1. The molecule has 2 unspecified atom stereocenters. The topological polar surface area (TPSA) is 83.8 Å². The molecule has 0 spiro atoms. The summed E-state index contributed by atoms with van der Waals surface area (Å²) in [5, 5.41) is 18.4. The van der Waals surface area contributed by atoms with Crippen molar-refractivity contribution < 1.29 is 24.5 Å². The molecule has 128 valence electrons. The van der Waals surface area contributed by atoms with Crippen LogP contribution in [0.1, 0.15) is 52.4 Å². The van der Waals surface area contributed by atoms with E-state index in [1.54, 1.807) is 6.92 Å². The van der Waals surface area contributed by atoms with Gasteiger partial charge in [0, 0.05) is 17.6 Å². The van der Waals surface area contributed by atoms with E-state index in [1.165, 1.54) is 13.3 Å². The zero-order chi connectivity index (χ0) is 17.4. The number of rotatable bonds is 3. The summed E-state index contributed by atoms with van der Waals surface area (Å²) in [5.41, 5.74) is -0.336. The lowest BCUT2D eigenvalue weighted by Gasteiger charge is -2.59. The second-order valence-corrected chi connectivity index (χ2v) is 7.62. The van der Waals surface area contributed by atoms with Crippen LogP contribution < -0.4 is 0 Å². The predicted molar refractivity (Wildman–Crippen MR) is 85.7 cm³/mol. The van der Waals surface area contributed by atoms with E-state index in [0.717, 1.165) is 25.7 Å². The summed E-state index contributed by atoms with van der Waals surface area (Å²) < 4.78 is 5.68. The minimum atomic E-state index is -0.935. The fraction of sp³-hybridized carbons (Fsp3) is 0.667. The van der Waals surface area contributed by atoms with E-state index in [1.807, 2.05) is 0 Å². The Morgan fingerprint density at radius 1 is 1.04 bits per heavy atom. The van der Waals surface area contributed by atoms with Gasteiger partial charge in [0.05, 0.1) is 5.60 Å². The second kappa shape index (κ2) is 6.11. The Labute approximate surface area is 137 Å². The van der Waals surface area contributed by atoms with Crippen molar-refractivity contribution in [1.29, 1.82) is 0 Å². The standard InChI is InChI=1S/C14H20O3.C4H6O2/c1-9(2)12(15)17-14-6-10-3-11(7-14)5-13(16,4-10)8-14;1-3(2)4(5)6/h10-11,16H,1,3-8H2,2H3;1H2,2H3,(H,5,6). The van der Waals surface area contributed by atoms with Gasteiger partial charge in [-0.2, -0.15) is 0 Å². The van der Waals surface area contributed by atoms with Crippen molar-refractivity contribution >= 4 is 11.9 Å². The van der Waals surface area contributed by atoms with Gasteiger partial charge in [0.15, 0.2) is 0 Å². The molecule has 2 atom stereocenters. The summed E-state index contributed by atoms with van der Waals surface area (Å²) in [6.45, 7) is 9.91. The van der Waals surface area contributed by atoms with E-state index >= 15 is 0 Å². The van der Waals surface area contributed by atoms with Gasteiger partial charge in [-0.25, -0.2) is 9.59 Å². The van der Waals surface area contributed by atoms with Crippen molar-refractivity contribution in [3.05, 3.63) is 24.3 Å². The van der Waals surface area contributed by atoms with Gasteiger partial charge in [-0.1, -0.05) is 13.2 Å². The number of aliphatic carboxylic acids is 1. The Bertz CT molecular complexity index is 522. The van der Waals surface area contributed by atoms with Gasteiger partial charge in [0.1, 0.15) is 5.60 Å². The summed E-state index contributed by atoms with van der Waals surface area (Å²) in [4.78, 5) is 21.3. The Kier molecular flexibility index (Phi) is 4.71. The lowest BCUT2D eigenvalue weighted by molar-refractivity contribution is -0.217. The Balaban J connectivity index is 0.000000277. The fourth-order valence-corrected chi connectivity index (χ4v) is 4.53. The molecule has 4 saturated carbocycles. The molecule has 2 N–H and O–H groups in total. The largest absolute Gasteiger partial charge is 0.478 e. The summed E-state index contributed by atoms with van der Waals surface area (Å²) in [5.74, 6) is -0.149. The van der Waals surface area contributed by atoms with Crippen LogP contribution in [-0.4, -0.2) is 33.4 Å². The molecule has 4 fully saturated rings. The van der Waals surface area contributed by atoms with Crippen LogP contribution in [0.25, 0.3) is 0 Å². The van der Waals surface area contributed by atoms with Crippen LogP contribution in [-0.2, 0) is 14.3 Å². The van der Waals surface area contributed by atoms with E-state index in [0.29, 0.717) is 23.8 Å². The lowest BCUT2D eigenvalue weighted by atomic mass is 9.52. The minimum Gasteiger partial charge on any atom is -0.478 e. The van der Waals surface area contributed by atoms with Gasteiger partial charge in [-0.05, 0) is 57.8 Å². The molecule has 0 heterocycles. The summed E-state index contributed by atoms with van der Waals surface area (Å²) in [6, 6.07) is 0. The Morgan fingerprint density at radius 2 is 1.52 bits per heavy atom. The molecule has 5 nitrogen and oxygen atoms in total. The van der Waals surface area contributed by atoms with Crippen LogP contribution in [0.5, 0.6) is 0 Å². The predicted octanol–water partition coefficient (Wildman–Crippen LogP) is 2.84. The number of hydrogen-bond acceptors (Lipinski definition) is 4. The summed E-state index contributed by atoms with van der Waals surface area (Å²) >= 11 is 0. The highest BCUT2D eigenvalue weighted by molar-refractivity contribution is 5.87. The van der Waals surface area contributed by atoms with E-state index in [4.69, 9.17) is 9.84 Å². The van der Waals surface area contributed by atoms with Crippen LogP contribution >= 0.6 is 0 Å². The molecule has 0 radical (unpaired) electrons. The smallest absolute Gasteiger partial charge is 0.333 e. The first kappa shape index (κ1) is 17.7. The molecule has 0 aromatic heterocycles. The van der Waals surface area contributed by atoms with E-state index in [2.05, 4.69) is 13.2 Å². The maximum Gasteiger partial charge on any atom is 0.333 e. The number of carbonyl (C=O) groups is 2. The van der Waals surface area contributed by atoms with Crippen LogP contribution in [0.3, 0.4) is 0 Å². The molecule has 0 aromatic rings. The molecule has 0 aromatic carbocycles. The highest BCUT2D eigenvalue weighted by Gasteiger charge is 2.59. The van der Waals surface area contributed by atoms with Gasteiger partial charge in [-0.3, -0.25) is 0 Å². The summed E-state index contributed by atoms with van der Waals surface area (Å²) in [7, 11) is 0. The van der Waals surface area contributed by atoms with Crippen LogP contribution in [0.4, 0.5) is 0 Å². The van der Waals surface area contributed by atoms with Crippen molar-refractivity contribution in [3.63, 3.8) is 0 Å². The van der Waals surface area contributed by atoms with Crippen molar-refractivity contribution in [2.75, 3.05) is 0 Å². The third kappa shape index (κ3) is 4.02. The van der Waals surface area contributed by atoms with Gasteiger partial charge < -0.3 is 14.9 Å². The first-order valence-electron chi connectivity index (χ1n) is 8.04. The van der Waals surface area contributed by atoms with Crippen LogP contribution in [0.15, 0.2) is 24.3 Å². The Hall–Kier alpha value is -1.62. The molecule has 0 amide bonds. The Morgan fingerprint density at radius 3 is 1.87 bits per heavy atom. The van der Waals surface area contributed by atoms with Crippen molar-refractivity contribution in [1.82, 2.24) is 0 Å². The van der Waals surface area contributed by atoms with Gasteiger partial charge in [-0.15, -0.1) is 0 Å². The third-order valence-electron chi connectivity index (χ3n) is 5.00. The van der Waals surface area contributed by atoms with Gasteiger partial charge >= 0.3 is 11.9 Å². The molecular weight excluding hydrogens is 296 g/mol. The maximum atomic E-state index is 11.7. The molecule has 0 saturated heterocycles. The lowest BCUT2D eigenvalue weighted by Crippen LogP contribution is -2.60. The zero-order valence-corrected chi connectivity index (χ0v) is 13.9. The average Bonchev–Trinajstić information content (AvgIpc) is 2.35. The number of hydrogen-bond donors (Lipinski definition) is 2. The normalized spacial score (nSPS) is 36.7. The first-order chi connectivity index (χ1) is 10.5. The van der Waals surface area contributed by atoms with Crippen molar-refractivity contribution in [2.24, 2.45) is 11.8 Å².